The van der Waals surface area contributed by atoms with E-state index >= 15 is 0 Å². The van der Waals surface area contributed by atoms with Gasteiger partial charge >= 0.3 is 73.9 Å². The Morgan fingerprint density at radius 3 is 1.30 bits per heavy atom. The number of rotatable bonds is 2. The molecule has 0 fully saturated rings. The van der Waals surface area contributed by atoms with Gasteiger partial charge in [-0.2, -0.15) is 0 Å². The molecule has 0 N–H and O–H groups in total. The van der Waals surface area contributed by atoms with Crippen LogP contribution in [0.3, 0.4) is 0 Å². The molecular formula is C14H10Cl6NOSb. The molecule has 23 heavy (non-hydrogen) atoms. The van der Waals surface area contributed by atoms with E-state index in [0.29, 0.717) is 5.71 Å². The van der Waals surface area contributed by atoms with Crippen molar-refractivity contribution in [1.82, 2.24) is 4.67 Å². The second-order valence-electron chi connectivity index (χ2n) is 4.24. The topological polar surface area (TPSA) is 31.2 Å². The molecule has 9 heteroatoms. The molecule has 0 unspecified atom stereocenters. The molecule has 2 nitrogen and oxygen atoms in total. The summed E-state index contributed by atoms with van der Waals surface area (Å²) in [6, 6.07) is 19.2. The second kappa shape index (κ2) is 7.59. The van der Waals surface area contributed by atoms with Gasteiger partial charge in [-0.05, 0) is 24.3 Å². The Hall–Kier alpha value is 0.158. The summed E-state index contributed by atoms with van der Waals surface area (Å²) < 4.78 is 3.78. The van der Waals surface area contributed by atoms with E-state index in [9.17, 15) is 4.79 Å². The molecule has 0 aliphatic carbocycles. The minimum absolute atomic E-state index is 0.649. The van der Waals surface area contributed by atoms with Crippen LogP contribution in [0, 0.1) is 0 Å². The molecule has 0 atom stereocenters. The fourth-order valence-electron chi connectivity index (χ4n) is 1.53. The Balaban J connectivity index is 0.000000322. The van der Waals surface area contributed by atoms with Crippen LogP contribution in [0.1, 0.15) is 11.1 Å². The van der Waals surface area contributed by atoms with E-state index < -0.39 is 9.14 Å². The number of halogens is 6. The van der Waals surface area contributed by atoms with Crippen LogP contribution in [0.15, 0.2) is 60.7 Å². The number of hydrogen-bond donors (Lipinski definition) is 0. The van der Waals surface area contributed by atoms with Gasteiger partial charge < -0.3 is 0 Å². The number of benzene rings is 2. The summed E-state index contributed by atoms with van der Waals surface area (Å²) in [4.78, 5) is 10.4. The van der Waals surface area contributed by atoms with E-state index in [1.807, 2.05) is 60.7 Å². The van der Waals surface area contributed by atoms with Gasteiger partial charge in [-0.15, -0.1) is 4.79 Å². The van der Waals surface area contributed by atoms with Gasteiger partial charge in [0.2, 0.25) is 0 Å². The van der Waals surface area contributed by atoms with Gasteiger partial charge in [-0.25, -0.2) is 0 Å². The van der Waals surface area contributed by atoms with E-state index in [-0.39, 0.29) is 0 Å². The van der Waals surface area contributed by atoms with Crippen molar-refractivity contribution in [2.24, 2.45) is 0 Å². The van der Waals surface area contributed by atoms with E-state index in [4.69, 9.17) is 53.0 Å². The SMILES string of the molecule is O=C=[N+]=C(c1ccccc1)c1ccccc1.[Cl][Sb-]([Cl])([Cl])([Cl])([Cl])[Cl]. The van der Waals surface area contributed by atoms with Gasteiger partial charge in [0.1, 0.15) is 0 Å². The fraction of sp³-hybridized carbons (Fsp3) is 0. The Labute approximate surface area is 153 Å². The normalized spacial score (nSPS) is 13.3. The molecule has 0 spiro atoms. The average Bonchev–Trinajstić information content (AvgIpc) is 2.43. The summed E-state index contributed by atoms with van der Waals surface area (Å²) in [6.07, 6.45) is 1.60. The number of nitrogens with zero attached hydrogens (tertiary/aromatic N) is 1. The molecule has 0 aromatic heterocycles. The summed E-state index contributed by atoms with van der Waals surface area (Å²) in [7, 11) is 25.0. The monoisotopic (exact) mass is 539 g/mol. The fourth-order valence-corrected chi connectivity index (χ4v) is 1.53. The van der Waals surface area contributed by atoms with Crippen LogP contribution in [0.5, 0.6) is 0 Å². The van der Waals surface area contributed by atoms with Crippen molar-refractivity contribution in [2.45, 2.75) is 0 Å². The van der Waals surface area contributed by atoms with Crippen molar-refractivity contribution in [3.05, 3.63) is 71.8 Å². The number of hydrogen-bond acceptors (Lipinski definition) is 1. The summed E-state index contributed by atoms with van der Waals surface area (Å²) >= 11 is 0. The third-order valence-corrected chi connectivity index (χ3v) is 2.25. The van der Waals surface area contributed by atoms with Crippen LogP contribution >= 0.6 is 53.0 Å². The molecule has 0 aliphatic heterocycles. The molecular weight excluding hydrogens is 533 g/mol. The Kier molecular flexibility index (Phi) is 6.99. The molecule has 124 valence electrons. The predicted molar refractivity (Wildman–Crippen MR) is 105 cm³/mol. The molecule has 0 radical (unpaired) electrons. The molecule has 2 aromatic carbocycles. The maximum atomic E-state index is 10.4. The molecule has 0 amide bonds. The minimum atomic E-state index is -5.42. The summed E-state index contributed by atoms with van der Waals surface area (Å²) in [5.74, 6) is 0. The summed E-state index contributed by atoms with van der Waals surface area (Å²) in [5, 5.41) is 0. The zero-order chi connectivity index (χ0) is 17.6. The van der Waals surface area contributed by atoms with Gasteiger partial charge in [0.15, 0.2) is 0 Å². The first-order valence-electron chi connectivity index (χ1n) is 5.99. The molecule has 0 saturated carbocycles. The third kappa shape index (κ3) is 12.2. The first kappa shape index (κ1) is 21.2. The van der Waals surface area contributed by atoms with Gasteiger partial charge in [0.05, 0.1) is 11.1 Å². The molecule has 0 aliphatic rings. The van der Waals surface area contributed by atoms with Crippen molar-refractivity contribution in [2.75, 3.05) is 0 Å². The summed E-state index contributed by atoms with van der Waals surface area (Å²) in [6.45, 7) is 0. The average molecular weight is 543 g/mol. The molecule has 2 rings (SSSR count). The Morgan fingerprint density at radius 1 is 0.739 bits per heavy atom. The van der Waals surface area contributed by atoms with E-state index in [0.717, 1.165) is 11.1 Å². The predicted octanol–water partition coefficient (Wildman–Crippen LogP) is 5.68. The zero-order valence-corrected chi connectivity index (χ0v) is 18.4. The quantitative estimate of drug-likeness (QED) is 0.208. The summed E-state index contributed by atoms with van der Waals surface area (Å²) in [5.41, 5.74) is 2.48. The standard InChI is InChI=1S/C14H10NO.6ClH.Sb/c16-11-15-14(12-7-3-1-4-8-12)13-9-5-2-6-10-13;;;;;;;/h1-10H;6*1H;/q+1;;;;;;;+5/p-6. The van der Waals surface area contributed by atoms with Crippen LogP contribution < -0.4 is 4.67 Å². The second-order valence-corrected chi connectivity index (χ2v) is 61.1. The number of isocyanates is 1. The number of carbonyl (C=O) groups excluding carboxylic acids is 1. The van der Waals surface area contributed by atoms with Crippen molar-refractivity contribution in [3.8, 4) is 0 Å². The molecule has 0 bridgehead atoms. The maximum absolute atomic E-state index is 10.4. The van der Waals surface area contributed by atoms with Crippen molar-refractivity contribution in [1.29, 1.82) is 0 Å². The van der Waals surface area contributed by atoms with Crippen LogP contribution in [0.25, 0.3) is 0 Å². The van der Waals surface area contributed by atoms with Crippen molar-refractivity contribution >= 4 is 73.9 Å². The Bertz CT molecular complexity index is 693. The van der Waals surface area contributed by atoms with Gasteiger partial charge in [-0.3, -0.25) is 0 Å². The van der Waals surface area contributed by atoms with E-state index in [2.05, 4.69) is 4.67 Å². The van der Waals surface area contributed by atoms with Crippen LogP contribution in [-0.4, -0.2) is 20.9 Å². The zero-order valence-electron chi connectivity index (χ0n) is 11.3. The first-order valence-corrected chi connectivity index (χ1v) is 25.4. The Morgan fingerprint density at radius 2 is 1.04 bits per heavy atom. The molecule has 0 saturated heterocycles. The van der Waals surface area contributed by atoms with Crippen LogP contribution in [0.2, 0.25) is 0 Å². The van der Waals surface area contributed by atoms with Gasteiger partial charge in [0, 0.05) is 4.67 Å². The van der Waals surface area contributed by atoms with Gasteiger partial charge in [0.25, 0.3) is 0 Å². The van der Waals surface area contributed by atoms with E-state index in [1.165, 1.54) is 0 Å². The molecule has 2 aromatic rings. The third-order valence-electron chi connectivity index (χ3n) is 2.25. The molecule has 0 heterocycles. The van der Waals surface area contributed by atoms with E-state index in [1.54, 1.807) is 6.08 Å². The van der Waals surface area contributed by atoms with Crippen molar-refractivity contribution in [3.63, 3.8) is 0 Å². The van der Waals surface area contributed by atoms with Gasteiger partial charge in [-0.1, -0.05) is 36.4 Å². The first-order chi connectivity index (χ1) is 10.4. The van der Waals surface area contributed by atoms with Crippen molar-refractivity contribution < 1.29 is 4.79 Å². The van der Waals surface area contributed by atoms with Crippen LogP contribution in [0.4, 0.5) is 0 Å². The van der Waals surface area contributed by atoms with Crippen LogP contribution in [-0.2, 0) is 4.79 Å².